The molecule has 2 heterocycles. The molecule has 7 heteroatoms. The van der Waals surface area contributed by atoms with E-state index >= 15 is 0 Å². The van der Waals surface area contributed by atoms with Crippen LogP contribution in [0.15, 0.2) is 18.2 Å². The molecule has 108 valence electrons. The summed E-state index contributed by atoms with van der Waals surface area (Å²) < 4.78 is 9.73. The second kappa shape index (κ2) is 4.69. The van der Waals surface area contributed by atoms with E-state index in [-0.39, 0.29) is 23.3 Å². The summed E-state index contributed by atoms with van der Waals surface area (Å²) in [5.41, 5.74) is 0.523. The summed E-state index contributed by atoms with van der Waals surface area (Å²) in [7, 11) is 1.37. The van der Waals surface area contributed by atoms with Crippen LogP contribution < -0.4 is 0 Å². The van der Waals surface area contributed by atoms with E-state index < -0.39 is 29.9 Å². The lowest BCUT2D eigenvalue weighted by atomic mass is 10.1. The number of nitrogens with zero attached hydrogens (tertiary/aromatic N) is 1. The number of benzene rings is 1. The van der Waals surface area contributed by atoms with Crippen LogP contribution >= 0.6 is 0 Å². The second-order valence-electron chi connectivity index (χ2n) is 4.78. The van der Waals surface area contributed by atoms with Gasteiger partial charge in [-0.1, -0.05) is 0 Å². The molecule has 2 aliphatic heterocycles. The number of fused-ring (bicyclic) bond motifs is 1. The van der Waals surface area contributed by atoms with Crippen molar-refractivity contribution in [1.29, 1.82) is 0 Å². The van der Waals surface area contributed by atoms with Crippen LogP contribution in [0.2, 0.25) is 0 Å². The van der Waals surface area contributed by atoms with Crippen molar-refractivity contribution in [2.45, 2.75) is 12.5 Å². The van der Waals surface area contributed by atoms with Crippen molar-refractivity contribution in [3.05, 3.63) is 34.9 Å². The van der Waals surface area contributed by atoms with E-state index in [2.05, 4.69) is 0 Å². The van der Waals surface area contributed by atoms with Gasteiger partial charge in [0.1, 0.15) is 0 Å². The first-order chi connectivity index (χ1) is 9.99. The summed E-state index contributed by atoms with van der Waals surface area (Å²) in [6.45, 7) is 0.221. The Labute approximate surface area is 119 Å². The first-order valence-electron chi connectivity index (χ1n) is 6.33. The first-order valence-corrected chi connectivity index (χ1v) is 6.33. The predicted octanol–water partition coefficient (Wildman–Crippen LogP) is 0.385. The molecular weight excluding hydrogens is 278 g/mol. The lowest BCUT2D eigenvalue weighted by Crippen LogP contribution is -2.24. The monoisotopic (exact) mass is 289 g/mol. The number of esters is 2. The van der Waals surface area contributed by atoms with Crippen LogP contribution in [0.4, 0.5) is 0 Å². The topological polar surface area (TPSA) is 90.0 Å². The predicted molar refractivity (Wildman–Crippen MR) is 67.6 cm³/mol. The summed E-state index contributed by atoms with van der Waals surface area (Å²) in [5, 5.41) is 0. The highest BCUT2D eigenvalue weighted by Crippen LogP contribution is 2.23. The minimum Gasteiger partial charge on any atom is -0.463 e. The Morgan fingerprint density at radius 1 is 1.24 bits per heavy atom. The maximum absolute atomic E-state index is 12.0. The maximum Gasteiger partial charge on any atom is 0.347 e. The largest absolute Gasteiger partial charge is 0.463 e. The Morgan fingerprint density at radius 2 is 1.95 bits per heavy atom. The van der Waals surface area contributed by atoms with Crippen LogP contribution in [0.3, 0.4) is 0 Å². The van der Waals surface area contributed by atoms with Crippen molar-refractivity contribution < 1.29 is 28.7 Å². The molecule has 0 radical (unpaired) electrons. The van der Waals surface area contributed by atoms with Gasteiger partial charge in [0, 0.05) is 13.5 Å². The van der Waals surface area contributed by atoms with Crippen LogP contribution in [-0.4, -0.2) is 48.4 Å². The van der Waals surface area contributed by atoms with E-state index in [4.69, 9.17) is 9.47 Å². The Balaban J connectivity index is 1.85. The summed E-state index contributed by atoms with van der Waals surface area (Å²) in [6.07, 6.45) is -0.596. The summed E-state index contributed by atoms with van der Waals surface area (Å²) in [6, 6.07) is 4.11. The third-order valence-electron chi connectivity index (χ3n) is 3.46. The Morgan fingerprint density at radius 3 is 2.62 bits per heavy atom. The fourth-order valence-electron chi connectivity index (χ4n) is 2.27. The van der Waals surface area contributed by atoms with Gasteiger partial charge in [0.25, 0.3) is 11.8 Å². The first kappa shape index (κ1) is 13.3. The molecule has 1 unspecified atom stereocenters. The van der Waals surface area contributed by atoms with Crippen molar-refractivity contribution >= 4 is 23.8 Å². The molecule has 21 heavy (non-hydrogen) atoms. The molecule has 3 rings (SSSR count). The van der Waals surface area contributed by atoms with E-state index in [9.17, 15) is 19.2 Å². The number of hydrogen-bond donors (Lipinski definition) is 0. The minimum absolute atomic E-state index is 0.116. The van der Waals surface area contributed by atoms with Gasteiger partial charge in [-0.2, -0.15) is 0 Å². The number of imide groups is 1. The van der Waals surface area contributed by atoms with E-state index in [1.165, 1.54) is 25.2 Å². The summed E-state index contributed by atoms with van der Waals surface area (Å²) in [4.78, 5) is 47.8. The smallest absolute Gasteiger partial charge is 0.347 e. The number of carbonyl (C=O) groups is 4. The fourth-order valence-corrected chi connectivity index (χ4v) is 2.27. The number of ether oxygens (including phenoxy) is 2. The zero-order valence-electron chi connectivity index (χ0n) is 11.1. The third kappa shape index (κ3) is 2.06. The molecular formula is C14H11NO6. The van der Waals surface area contributed by atoms with Gasteiger partial charge in [0.2, 0.25) is 6.10 Å². The number of cyclic esters (lactones) is 1. The fraction of sp³-hybridized carbons (Fsp3) is 0.286. The van der Waals surface area contributed by atoms with Crippen LogP contribution in [-0.2, 0) is 14.3 Å². The molecule has 0 spiro atoms. The second-order valence-corrected chi connectivity index (χ2v) is 4.78. The molecule has 0 bridgehead atoms. The minimum atomic E-state index is -0.911. The van der Waals surface area contributed by atoms with Crippen molar-refractivity contribution in [1.82, 2.24) is 4.90 Å². The van der Waals surface area contributed by atoms with Gasteiger partial charge in [-0.3, -0.25) is 14.5 Å². The van der Waals surface area contributed by atoms with E-state index in [0.717, 1.165) is 4.90 Å². The average Bonchev–Trinajstić information content (AvgIpc) is 2.97. The molecule has 1 atom stereocenters. The van der Waals surface area contributed by atoms with Crippen LogP contribution in [0.5, 0.6) is 0 Å². The molecule has 0 saturated carbocycles. The third-order valence-corrected chi connectivity index (χ3v) is 3.46. The zero-order chi connectivity index (χ0) is 15.1. The Bertz CT molecular complexity index is 680. The zero-order valence-corrected chi connectivity index (χ0v) is 11.1. The van der Waals surface area contributed by atoms with Gasteiger partial charge in [0.15, 0.2) is 0 Å². The van der Waals surface area contributed by atoms with Crippen molar-refractivity contribution in [2.24, 2.45) is 0 Å². The maximum atomic E-state index is 12.0. The lowest BCUT2D eigenvalue weighted by Gasteiger charge is -2.08. The number of amides is 2. The average molecular weight is 289 g/mol. The number of hydrogen-bond acceptors (Lipinski definition) is 6. The van der Waals surface area contributed by atoms with Gasteiger partial charge in [0.05, 0.1) is 23.3 Å². The molecule has 0 N–H and O–H groups in total. The molecule has 2 amide bonds. The van der Waals surface area contributed by atoms with Gasteiger partial charge in [-0.15, -0.1) is 0 Å². The Kier molecular flexibility index (Phi) is 2.97. The van der Waals surface area contributed by atoms with Gasteiger partial charge in [-0.05, 0) is 18.2 Å². The summed E-state index contributed by atoms with van der Waals surface area (Å²) in [5.74, 6) is -2.17. The highest BCUT2D eigenvalue weighted by Gasteiger charge is 2.34. The normalized spacial score (nSPS) is 20.5. The summed E-state index contributed by atoms with van der Waals surface area (Å²) >= 11 is 0. The molecule has 7 nitrogen and oxygen atoms in total. The molecule has 0 aromatic heterocycles. The lowest BCUT2D eigenvalue weighted by molar-refractivity contribution is -0.145. The molecule has 1 aromatic rings. The molecule has 1 fully saturated rings. The highest BCUT2D eigenvalue weighted by atomic mass is 16.6. The van der Waals surface area contributed by atoms with Crippen molar-refractivity contribution in [2.75, 3.05) is 13.7 Å². The molecule has 0 aliphatic carbocycles. The van der Waals surface area contributed by atoms with Gasteiger partial charge >= 0.3 is 11.9 Å². The van der Waals surface area contributed by atoms with Gasteiger partial charge in [-0.25, -0.2) is 9.59 Å². The van der Waals surface area contributed by atoms with Gasteiger partial charge < -0.3 is 9.47 Å². The van der Waals surface area contributed by atoms with Crippen molar-refractivity contribution in [3.63, 3.8) is 0 Å². The van der Waals surface area contributed by atoms with Crippen LogP contribution in [0.1, 0.15) is 37.5 Å². The highest BCUT2D eigenvalue weighted by molar-refractivity contribution is 6.21. The van der Waals surface area contributed by atoms with E-state index in [1.807, 2.05) is 0 Å². The van der Waals surface area contributed by atoms with Crippen LogP contribution in [0.25, 0.3) is 0 Å². The number of rotatable bonds is 2. The Hall–Kier alpha value is -2.70. The molecule has 1 aromatic carbocycles. The van der Waals surface area contributed by atoms with Crippen molar-refractivity contribution in [3.8, 4) is 0 Å². The number of carbonyl (C=O) groups excluding carboxylic acids is 4. The molecule has 1 saturated heterocycles. The quantitative estimate of drug-likeness (QED) is 0.577. The van der Waals surface area contributed by atoms with E-state index in [0.29, 0.717) is 6.42 Å². The SMILES string of the molecule is CN1C(=O)c2ccc(C(=O)OC3CCOC3=O)cc2C1=O. The van der Waals surface area contributed by atoms with Crippen LogP contribution in [0, 0.1) is 0 Å². The molecule has 2 aliphatic rings. The van der Waals surface area contributed by atoms with E-state index in [1.54, 1.807) is 0 Å². The standard InChI is InChI=1S/C14H11NO6/c1-15-11(16)8-3-2-7(6-9(8)12(15)17)13(18)21-10-4-5-20-14(10)19/h2-3,6,10H,4-5H2,1H3.